The molecule has 2 rings (SSSR count). The summed E-state index contributed by atoms with van der Waals surface area (Å²) in [6.07, 6.45) is 6.06. The Bertz CT molecular complexity index is 309. The molecule has 2 unspecified atom stereocenters. The van der Waals surface area contributed by atoms with E-state index >= 15 is 0 Å². The van der Waals surface area contributed by atoms with Crippen molar-refractivity contribution in [3.05, 3.63) is 0 Å². The van der Waals surface area contributed by atoms with E-state index in [0.717, 1.165) is 25.2 Å². The summed E-state index contributed by atoms with van der Waals surface area (Å²) in [5.41, 5.74) is -0.0867. The van der Waals surface area contributed by atoms with Crippen LogP contribution in [0.25, 0.3) is 0 Å². The number of nitrogens with one attached hydrogen (secondary N) is 1. The molecule has 0 bridgehead atoms. The zero-order valence-electron chi connectivity index (χ0n) is 10.2. The first-order valence-electron chi connectivity index (χ1n) is 6.39. The van der Waals surface area contributed by atoms with Gasteiger partial charge in [-0.2, -0.15) is 0 Å². The summed E-state index contributed by atoms with van der Waals surface area (Å²) in [5, 5.41) is 2.49. The molecule has 90 valence electrons. The Balaban J connectivity index is 2.14. The van der Waals surface area contributed by atoms with E-state index in [4.69, 9.17) is 0 Å². The quantitative estimate of drug-likeness (QED) is 0.743. The second kappa shape index (κ2) is 4.19. The van der Waals surface area contributed by atoms with Crippen molar-refractivity contribution >= 4 is 11.8 Å². The predicted molar refractivity (Wildman–Crippen MR) is 61.6 cm³/mol. The molecule has 1 saturated carbocycles. The van der Waals surface area contributed by atoms with Crippen molar-refractivity contribution < 1.29 is 9.59 Å². The Labute approximate surface area is 97.0 Å². The van der Waals surface area contributed by atoms with Crippen LogP contribution in [0.5, 0.6) is 0 Å². The fraction of sp³-hybridized carbons (Fsp3) is 0.846. The van der Waals surface area contributed by atoms with Gasteiger partial charge in [0.1, 0.15) is 0 Å². The van der Waals surface area contributed by atoms with E-state index < -0.39 is 0 Å². The lowest BCUT2D eigenvalue weighted by Crippen LogP contribution is -2.51. The molecule has 2 amide bonds. The van der Waals surface area contributed by atoms with Gasteiger partial charge in [-0.1, -0.05) is 33.1 Å². The molecule has 0 aromatic rings. The minimum absolute atomic E-state index is 0.0378. The highest BCUT2D eigenvalue weighted by atomic mass is 16.2. The molecule has 2 aliphatic rings. The smallest absolute Gasteiger partial charge is 0.230 e. The number of carbonyl (C=O) groups excluding carboxylic acids is 2. The van der Waals surface area contributed by atoms with Crippen molar-refractivity contribution in [3.63, 3.8) is 0 Å². The molecule has 2 atom stereocenters. The fourth-order valence-corrected chi connectivity index (χ4v) is 3.04. The maximum absolute atomic E-state index is 11.9. The third-order valence-electron chi connectivity index (χ3n) is 4.01. The second-order valence-electron chi connectivity index (χ2n) is 5.73. The Morgan fingerprint density at radius 1 is 1.38 bits per heavy atom. The van der Waals surface area contributed by atoms with Gasteiger partial charge in [0.2, 0.25) is 11.8 Å². The van der Waals surface area contributed by atoms with Crippen molar-refractivity contribution in [3.8, 4) is 0 Å². The summed E-state index contributed by atoms with van der Waals surface area (Å²) in [4.78, 5) is 23.4. The van der Waals surface area contributed by atoms with Gasteiger partial charge in [0.25, 0.3) is 0 Å². The van der Waals surface area contributed by atoms with Crippen molar-refractivity contribution in [2.24, 2.45) is 17.3 Å². The van der Waals surface area contributed by atoms with Gasteiger partial charge >= 0.3 is 0 Å². The van der Waals surface area contributed by atoms with Gasteiger partial charge in [0.05, 0.1) is 0 Å². The third kappa shape index (κ3) is 2.28. The van der Waals surface area contributed by atoms with E-state index in [2.05, 4.69) is 19.2 Å². The van der Waals surface area contributed by atoms with E-state index in [1.807, 2.05) is 0 Å². The van der Waals surface area contributed by atoms with Crippen LogP contribution in [0.4, 0.5) is 0 Å². The molecule has 0 spiro atoms. The molecule has 16 heavy (non-hydrogen) atoms. The highest BCUT2D eigenvalue weighted by Gasteiger charge is 2.46. The van der Waals surface area contributed by atoms with Crippen molar-refractivity contribution in [2.45, 2.75) is 52.4 Å². The van der Waals surface area contributed by atoms with Crippen LogP contribution < -0.4 is 5.32 Å². The summed E-state index contributed by atoms with van der Waals surface area (Å²) >= 11 is 0. The molecule has 1 saturated heterocycles. The maximum atomic E-state index is 11.9. The standard InChI is InChI=1S/C13H21NO2/c1-3-4-10-12(16)14-11(15)8-13(10,2)7-9-5-6-9/h9-10H,3-8H2,1-2H3,(H,14,15,16). The molecule has 1 aliphatic heterocycles. The SMILES string of the molecule is CCCC1C(=O)NC(=O)CC1(C)CC1CC1. The molecule has 1 N–H and O–H groups in total. The van der Waals surface area contributed by atoms with Crippen LogP contribution in [0, 0.1) is 17.3 Å². The normalized spacial score (nSPS) is 35.0. The summed E-state index contributed by atoms with van der Waals surface area (Å²) in [5.74, 6) is 0.681. The highest BCUT2D eigenvalue weighted by molar-refractivity contribution is 5.99. The zero-order chi connectivity index (χ0) is 11.8. The summed E-state index contributed by atoms with van der Waals surface area (Å²) in [6, 6.07) is 0. The first kappa shape index (κ1) is 11.6. The van der Waals surface area contributed by atoms with E-state index in [-0.39, 0.29) is 23.1 Å². The van der Waals surface area contributed by atoms with Crippen LogP contribution in [0.3, 0.4) is 0 Å². The first-order valence-corrected chi connectivity index (χ1v) is 6.39. The molecule has 2 fully saturated rings. The Morgan fingerprint density at radius 2 is 2.06 bits per heavy atom. The van der Waals surface area contributed by atoms with Gasteiger partial charge < -0.3 is 0 Å². The van der Waals surface area contributed by atoms with Gasteiger partial charge in [-0.3, -0.25) is 14.9 Å². The van der Waals surface area contributed by atoms with E-state index in [1.54, 1.807) is 0 Å². The van der Waals surface area contributed by atoms with E-state index in [1.165, 1.54) is 12.8 Å². The minimum atomic E-state index is -0.0867. The molecule has 3 nitrogen and oxygen atoms in total. The molecule has 0 radical (unpaired) electrons. The van der Waals surface area contributed by atoms with E-state index in [0.29, 0.717) is 6.42 Å². The van der Waals surface area contributed by atoms with Crippen LogP contribution in [0.1, 0.15) is 52.4 Å². The number of rotatable bonds is 4. The average Bonchev–Trinajstić information content (AvgIpc) is 2.94. The Hall–Kier alpha value is -0.860. The van der Waals surface area contributed by atoms with E-state index in [9.17, 15) is 9.59 Å². The van der Waals surface area contributed by atoms with Crippen LogP contribution in [-0.4, -0.2) is 11.8 Å². The van der Waals surface area contributed by atoms with Crippen LogP contribution >= 0.6 is 0 Å². The van der Waals surface area contributed by atoms with Gasteiger partial charge in [-0.15, -0.1) is 0 Å². The summed E-state index contributed by atoms with van der Waals surface area (Å²) in [7, 11) is 0. The highest BCUT2D eigenvalue weighted by Crippen LogP contribution is 2.48. The third-order valence-corrected chi connectivity index (χ3v) is 4.01. The lowest BCUT2D eigenvalue weighted by atomic mass is 9.67. The lowest BCUT2D eigenvalue weighted by molar-refractivity contribution is -0.143. The van der Waals surface area contributed by atoms with Crippen LogP contribution in [0.15, 0.2) is 0 Å². The van der Waals surface area contributed by atoms with Gasteiger partial charge in [-0.05, 0) is 24.2 Å². The average molecular weight is 223 g/mol. The first-order chi connectivity index (χ1) is 7.55. The fourth-order valence-electron chi connectivity index (χ4n) is 3.04. The van der Waals surface area contributed by atoms with Crippen molar-refractivity contribution in [1.82, 2.24) is 5.32 Å². The Morgan fingerprint density at radius 3 is 2.62 bits per heavy atom. The number of imide groups is 1. The molecule has 1 aliphatic carbocycles. The molecular formula is C13H21NO2. The number of hydrogen-bond acceptors (Lipinski definition) is 2. The largest absolute Gasteiger partial charge is 0.296 e. The molecular weight excluding hydrogens is 202 g/mol. The zero-order valence-corrected chi connectivity index (χ0v) is 10.2. The molecule has 0 aromatic heterocycles. The monoisotopic (exact) mass is 223 g/mol. The number of amides is 2. The Kier molecular flexibility index (Phi) is 3.04. The minimum Gasteiger partial charge on any atom is -0.296 e. The summed E-state index contributed by atoms with van der Waals surface area (Å²) in [6.45, 7) is 4.23. The number of carbonyl (C=O) groups is 2. The molecule has 1 heterocycles. The molecule has 3 heteroatoms. The maximum Gasteiger partial charge on any atom is 0.230 e. The predicted octanol–water partition coefficient (Wildman–Crippen LogP) is 2.26. The molecule has 0 aromatic carbocycles. The van der Waals surface area contributed by atoms with Crippen LogP contribution in [0.2, 0.25) is 0 Å². The van der Waals surface area contributed by atoms with Crippen molar-refractivity contribution in [1.29, 1.82) is 0 Å². The van der Waals surface area contributed by atoms with Crippen molar-refractivity contribution in [2.75, 3.05) is 0 Å². The topological polar surface area (TPSA) is 46.2 Å². The number of piperidine rings is 1. The lowest BCUT2D eigenvalue weighted by Gasteiger charge is -2.40. The van der Waals surface area contributed by atoms with Gasteiger partial charge in [0.15, 0.2) is 0 Å². The second-order valence-corrected chi connectivity index (χ2v) is 5.73. The van der Waals surface area contributed by atoms with Crippen LogP contribution in [-0.2, 0) is 9.59 Å². The van der Waals surface area contributed by atoms with Gasteiger partial charge in [-0.25, -0.2) is 0 Å². The number of hydrogen-bond donors (Lipinski definition) is 1. The van der Waals surface area contributed by atoms with Gasteiger partial charge in [0, 0.05) is 12.3 Å². The summed E-state index contributed by atoms with van der Waals surface area (Å²) < 4.78 is 0.